The van der Waals surface area contributed by atoms with Gasteiger partial charge in [0.15, 0.2) is 0 Å². The second kappa shape index (κ2) is 15.0. The molecule has 7 aromatic carbocycles. The summed E-state index contributed by atoms with van der Waals surface area (Å²) in [6.45, 7) is 16.0. The number of fused-ring (bicyclic) bond motifs is 7. The third-order valence-corrected chi connectivity index (χ3v) is 16.1. The third-order valence-electron chi connectivity index (χ3n) is 12.6. The molecule has 4 heterocycles. The maximum absolute atomic E-state index is 6.67. The minimum absolute atomic E-state index is 0. The van der Waals surface area contributed by atoms with E-state index in [0.29, 0.717) is 11.5 Å². The van der Waals surface area contributed by atoms with Gasteiger partial charge in [0.2, 0.25) is 0 Å². The van der Waals surface area contributed by atoms with Crippen LogP contribution in [0.4, 0.5) is 22.7 Å². The first-order chi connectivity index (χ1) is 29.5. The maximum Gasteiger partial charge on any atom is 0.135 e. The Balaban J connectivity index is 0.00000458. The monoisotopic (exact) mass is 1000 g/mol. The van der Waals surface area contributed by atoms with Gasteiger partial charge in [-0.3, -0.25) is 0 Å². The number of rotatable bonds is 6. The molecule has 0 saturated carbocycles. The molecule has 0 bridgehead atoms. The van der Waals surface area contributed by atoms with Gasteiger partial charge in [0.1, 0.15) is 13.9 Å². The number of para-hydroxylation sites is 3. The van der Waals surface area contributed by atoms with Crippen LogP contribution in [0.15, 0.2) is 158 Å². The molecule has 2 aromatic heterocycles. The van der Waals surface area contributed by atoms with Crippen LogP contribution in [0.2, 0.25) is 13.1 Å². The Labute approximate surface area is 379 Å². The summed E-state index contributed by atoms with van der Waals surface area (Å²) in [5.41, 5.74) is 13.8. The number of benzene rings is 7. The van der Waals surface area contributed by atoms with Gasteiger partial charge in [0.05, 0.1) is 0 Å². The molecular formula is C55H45N4OPtSi-3. The fourth-order valence-corrected chi connectivity index (χ4v) is 12.5. The number of hydrogen-bond acceptors (Lipinski definition) is 4. The summed E-state index contributed by atoms with van der Waals surface area (Å²) >= 11 is 0. The van der Waals surface area contributed by atoms with E-state index in [1.165, 1.54) is 49.4 Å². The average Bonchev–Trinajstić information content (AvgIpc) is 3.89. The topological polar surface area (TPSA) is 33.5 Å². The van der Waals surface area contributed by atoms with Crippen LogP contribution in [0.5, 0.6) is 11.5 Å². The zero-order valence-corrected chi connectivity index (χ0v) is 38.9. The van der Waals surface area contributed by atoms with Crippen LogP contribution < -0.4 is 24.9 Å². The number of ether oxygens (including phenoxy) is 1. The second-order valence-electron chi connectivity index (χ2n) is 17.9. The molecule has 5 nitrogen and oxygen atoms in total. The van der Waals surface area contributed by atoms with E-state index in [1.54, 1.807) is 0 Å². The fourth-order valence-electron chi connectivity index (χ4n) is 9.41. The van der Waals surface area contributed by atoms with Gasteiger partial charge in [-0.2, -0.15) is 12.1 Å². The van der Waals surface area contributed by atoms with Crippen molar-refractivity contribution in [2.45, 2.75) is 46.2 Å². The van der Waals surface area contributed by atoms with Crippen molar-refractivity contribution in [1.29, 1.82) is 0 Å². The van der Waals surface area contributed by atoms with E-state index in [2.05, 4.69) is 207 Å². The quantitative estimate of drug-likeness (QED) is 0.123. The first-order valence-corrected chi connectivity index (χ1v) is 24.0. The molecular weight excluding hydrogens is 956 g/mol. The number of anilines is 4. The van der Waals surface area contributed by atoms with Gasteiger partial charge < -0.3 is 19.1 Å². The molecule has 0 unspecified atom stereocenters. The van der Waals surface area contributed by atoms with E-state index in [4.69, 9.17) is 9.72 Å². The van der Waals surface area contributed by atoms with E-state index >= 15 is 0 Å². The van der Waals surface area contributed by atoms with Crippen LogP contribution in [0.3, 0.4) is 0 Å². The van der Waals surface area contributed by atoms with Crippen molar-refractivity contribution in [3.05, 3.63) is 188 Å². The van der Waals surface area contributed by atoms with E-state index in [9.17, 15) is 0 Å². The van der Waals surface area contributed by atoms with Crippen LogP contribution in [0.1, 0.15) is 31.9 Å². The van der Waals surface area contributed by atoms with Gasteiger partial charge in [0.25, 0.3) is 0 Å². The van der Waals surface area contributed by atoms with Crippen molar-refractivity contribution < 1.29 is 25.8 Å². The molecule has 9 aromatic rings. The zero-order valence-electron chi connectivity index (χ0n) is 35.6. The number of aryl methyl sites for hydroxylation is 1. The van der Waals surface area contributed by atoms with Gasteiger partial charge in [-0.15, -0.1) is 48.1 Å². The van der Waals surface area contributed by atoms with Crippen LogP contribution in [0, 0.1) is 25.7 Å². The molecule has 2 aliphatic heterocycles. The Hall–Kier alpha value is -6.20. The average molecular weight is 1000 g/mol. The van der Waals surface area contributed by atoms with Crippen molar-refractivity contribution in [1.82, 2.24) is 9.55 Å². The minimum atomic E-state index is -1.96. The molecule has 7 heteroatoms. The molecule has 11 rings (SSSR count). The number of nitrogens with zero attached hydrogens (tertiary/aromatic N) is 4. The SMILES string of the molecule is Cc1ccc(-c2ccc3c(c2N2[CH-]N(c4[c-]c(Oc5[c-]c6c(cc5)c5ccccc5n6-c5cc(C(C)(C)C)ccn5)ccc4)c4ccccc42)-c2ccccc2[Si]3(C)C)cc1.[Pt]. The smallest absolute Gasteiger partial charge is 0.135 e. The summed E-state index contributed by atoms with van der Waals surface area (Å²) in [5.74, 6) is 2.07. The van der Waals surface area contributed by atoms with E-state index in [-0.39, 0.29) is 26.5 Å². The number of pyridine rings is 1. The van der Waals surface area contributed by atoms with Crippen LogP contribution in [-0.4, -0.2) is 17.6 Å². The Morgan fingerprint density at radius 1 is 0.645 bits per heavy atom. The summed E-state index contributed by atoms with van der Waals surface area (Å²) in [4.78, 5) is 9.50. The van der Waals surface area contributed by atoms with Crippen LogP contribution in [-0.2, 0) is 26.5 Å². The summed E-state index contributed by atoms with van der Waals surface area (Å²) in [5, 5.41) is 5.20. The van der Waals surface area contributed by atoms with Gasteiger partial charge >= 0.3 is 0 Å². The second-order valence-corrected chi connectivity index (χ2v) is 22.2. The van der Waals surface area contributed by atoms with Crippen molar-refractivity contribution >= 4 is 63.0 Å². The van der Waals surface area contributed by atoms with Gasteiger partial charge in [0, 0.05) is 72.5 Å². The molecule has 0 spiro atoms. The number of hydrogen-bond donors (Lipinski definition) is 0. The molecule has 0 atom stereocenters. The molecule has 0 saturated heterocycles. The van der Waals surface area contributed by atoms with Gasteiger partial charge in [-0.25, -0.2) is 4.98 Å². The standard InChI is InChI=1S/C55H45N4OSi.Pt/c1-36-22-24-37(25-23-36)42-28-29-51-53(45-17-8-12-21-50(45)61(51,5)6)54(42)58-35-57(47-19-10-11-20-48(47)58)39-14-13-15-40(33-39)60-41-26-27-44-43-16-7-9-18-46(43)59(49(44)34-41)52-32-38(30-31-56-52)55(2,3)4;/h7-32,35H,1-6H3;/q-3;. The largest absolute Gasteiger partial charge is 0.509 e. The van der Waals surface area contributed by atoms with Gasteiger partial charge in [-0.05, 0) is 75.1 Å². The summed E-state index contributed by atoms with van der Waals surface area (Å²) < 4.78 is 8.86. The molecule has 0 radical (unpaired) electrons. The Morgan fingerprint density at radius 2 is 1.37 bits per heavy atom. The Bertz CT molecular complexity index is 3200. The van der Waals surface area contributed by atoms with Crippen LogP contribution in [0.25, 0.3) is 49.9 Å². The molecule has 0 fully saturated rings. The molecule has 0 aliphatic carbocycles. The van der Waals surface area contributed by atoms with E-state index in [0.717, 1.165) is 44.7 Å². The van der Waals surface area contributed by atoms with Crippen molar-refractivity contribution in [2.24, 2.45) is 0 Å². The first-order valence-electron chi connectivity index (χ1n) is 21.0. The molecule has 2 aliphatic rings. The molecule has 308 valence electrons. The maximum atomic E-state index is 6.67. The molecule has 62 heavy (non-hydrogen) atoms. The number of aromatic nitrogens is 2. The van der Waals surface area contributed by atoms with Crippen molar-refractivity contribution in [3.8, 4) is 39.6 Å². The fraction of sp³-hybridized carbons (Fsp3) is 0.127. The first kappa shape index (κ1) is 39.9. The summed E-state index contributed by atoms with van der Waals surface area (Å²) in [6, 6.07) is 61.7. The van der Waals surface area contributed by atoms with E-state index in [1.807, 2.05) is 24.4 Å². The Kier molecular flexibility index (Phi) is 9.66. The summed E-state index contributed by atoms with van der Waals surface area (Å²) in [6.07, 6.45) is 1.90. The minimum Gasteiger partial charge on any atom is -0.509 e. The normalized spacial score (nSPS) is 13.8. The van der Waals surface area contributed by atoms with Crippen molar-refractivity contribution in [2.75, 3.05) is 9.80 Å². The zero-order chi connectivity index (χ0) is 41.6. The Morgan fingerprint density at radius 3 is 2.18 bits per heavy atom. The van der Waals surface area contributed by atoms with Crippen LogP contribution >= 0.6 is 0 Å². The molecule has 0 N–H and O–H groups in total. The van der Waals surface area contributed by atoms with E-state index < -0.39 is 8.07 Å². The summed E-state index contributed by atoms with van der Waals surface area (Å²) in [7, 11) is -1.96. The van der Waals surface area contributed by atoms with Gasteiger partial charge in [-0.1, -0.05) is 136 Å². The predicted octanol–water partition coefficient (Wildman–Crippen LogP) is 13.1. The third kappa shape index (κ3) is 6.42. The van der Waals surface area contributed by atoms with Crippen molar-refractivity contribution in [3.63, 3.8) is 0 Å². The molecule has 0 amide bonds. The predicted molar refractivity (Wildman–Crippen MR) is 255 cm³/mol.